The summed E-state index contributed by atoms with van der Waals surface area (Å²) in [7, 11) is -3.53. The number of sulfonamides is 1. The quantitative estimate of drug-likeness (QED) is 0.704. The molecule has 7 nitrogen and oxygen atoms in total. The third-order valence-corrected chi connectivity index (χ3v) is 7.03. The second-order valence-electron chi connectivity index (χ2n) is 6.74. The number of aromatic amines is 1. The van der Waals surface area contributed by atoms with Crippen LogP contribution < -0.4 is 0 Å². The molecule has 8 heteroatoms. The third kappa shape index (κ3) is 3.55. The largest absolute Gasteiger partial charge is 0.385 e. The number of imidazole rings is 1. The molecule has 0 amide bonds. The Morgan fingerprint density at radius 3 is 2.37 bits per heavy atom. The summed E-state index contributed by atoms with van der Waals surface area (Å²) in [4.78, 5) is 7.31. The second kappa shape index (κ2) is 7.30. The van der Waals surface area contributed by atoms with Gasteiger partial charge in [0.05, 0.1) is 4.90 Å². The van der Waals surface area contributed by atoms with E-state index in [-0.39, 0.29) is 5.92 Å². The Bertz CT molecular complexity index is 959. The number of nitrogens with zero attached hydrogens (tertiary/aromatic N) is 3. The summed E-state index contributed by atoms with van der Waals surface area (Å²) in [5.41, 5.74) is 0.916. The van der Waals surface area contributed by atoms with Crippen molar-refractivity contribution < 1.29 is 13.5 Å². The van der Waals surface area contributed by atoms with E-state index in [4.69, 9.17) is 0 Å². The van der Waals surface area contributed by atoms with E-state index in [1.165, 1.54) is 4.31 Å². The molecule has 1 fully saturated rings. The van der Waals surface area contributed by atoms with Crippen LogP contribution in [0.1, 0.15) is 24.8 Å². The van der Waals surface area contributed by atoms with E-state index in [1.807, 2.05) is 29.1 Å². The number of rotatable bonds is 5. The van der Waals surface area contributed by atoms with E-state index in [0.29, 0.717) is 36.7 Å². The van der Waals surface area contributed by atoms with Gasteiger partial charge in [0.15, 0.2) is 0 Å². The standard InChI is InChI=1S/C19H22N4O3S/c24-18(19-20-9-10-21-19)15-7-13-23(14-8-15)27(25,26)17-5-3-16(4-6-17)22-11-1-2-12-22/h1-6,9-12,15,18,24H,7-8,13-14H2,(H,20,21). The summed E-state index contributed by atoms with van der Waals surface area (Å²) >= 11 is 0. The molecular weight excluding hydrogens is 364 g/mol. The van der Waals surface area contributed by atoms with Crippen LogP contribution >= 0.6 is 0 Å². The number of piperidine rings is 1. The summed E-state index contributed by atoms with van der Waals surface area (Å²) in [5, 5.41) is 10.4. The van der Waals surface area contributed by atoms with Gasteiger partial charge in [-0.3, -0.25) is 0 Å². The first-order valence-electron chi connectivity index (χ1n) is 8.96. The van der Waals surface area contributed by atoms with Crippen LogP contribution in [0.15, 0.2) is 66.1 Å². The van der Waals surface area contributed by atoms with Crippen LogP contribution in [0, 0.1) is 5.92 Å². The third-order valence-electron chi connectivity index (χ3n) is 5.12. The predicted molar refractivity (Wildman–Crippen MR) is 101 cm³/mol. The highest BCUT2D eigenvalue weighted by atomic mass is 32.2. The van der Waals surface area contributed by atoms with Crippen molar-refractivity contribution in [1.29, 1.82) is 0 Å². The van der Waals surface area contributed by atoms with Gasteiger partial charge in [-0.1, -0.05) is 0 Å². The number of hydrogen-bond donors (Lipinski definition) is 2. The first-order valence-corrected chi connectivity index (χ1v) is 10.4. The Hall–Kier alpha value is -2.42. The molecule has 0 spiro atoms. The van der Waals surface area contributed by atoms with Crippen LogP contribution in [0.3, 0.4) is 0 Å². The lowest BCUT2D eigenvalue weighted by Crippen LogP contribution is -2.39. The maximum Gasteiger partial charge on any atom is 0.243 e. The predicted octanol–water partition coefficient (Wildman–Crippen LogP) is 2.33. The van der Waals surface area contributed by atoms with Crippen LogP contribution in [0.25, 0.3) is 5.69 Å². The molecule has 1 aromatic carbocycles. The van der Waals surface area contributed by atoms with Gasteiger partial charge in [-0.15, -0.1) is 0 Å². The highest BCUT2D eigenvalue weighted by Gasteiger charge is 2.33. The van der Waals surface area contributed by atoms with Gasteiger partial charge in [0.25, 0.3) is 0 Å². The number of H-pyrrole nitrogens is 1. The summed E-state index contributed by atoms with van der Waals surface area (Å²) in [6.45, 7) is 0.786. The molecule has 0 saturated carbocycles. The molecule has 1 aliphatic rings. The van der Waals surface area contributed by atoms with Crippen molar-refractivity contribution in [2.24, 2.45) is 5.92 Å². The Labute approximate surface area is 158 Å². The van der Waals surface area contributed by atoms with E-state index in [9.17, 15) is 13.5 Å². The smallest absolute Gasteiger partial charge is 0.243 e. The molecule has 3 aromatic rings. The molecule has 2 aromatic heterocycles. The molecule has 2 N–H and O–H groups in total. The number of aromatic nitrogens is 3. The zero-order valence-electron chi connectivity index (χ0n) is 14.8. The molecular formula is C19H22N4O3S. The fourth-order valence-corrected chi connectivity index (χ4v) is 5.01. The van der Waals surface area contributed by atoms with Crippen LogP contribution in [0.4, 0.5) is 0 Å². The van der Waals surface area contributed by atoms with E-state index in [1.54, 1.807) is 36.7 Å². The topological polar surface area (TPSA) is 91.2 Å². The van der Waals surface area contributed by atoms with E-state index in [0.717, 1.165) is 5.69 Å². The first-order chi connectivity index (χ1) is 13.1. The maximum atomic E-state index is 12.9. The lowest BCUT2D eigenvalue weighted by atomic mass is 9.92. The highest BCUT2D eigenvalue weighted by molar-refractivity contribution is 7.89. The first kappa shape index (κ1) is 18.0. The van der Waals surface area contributed by atoms with Gasteiger partial charge in [0, 0.05) is 43.6 Å². The van der Waals surface area contributed by atoms with Gasteiger partial charge < -0.3 is 14.7 Å². The molecule has 1 unspecified atom stereocenters. The molecule has 0 radical (unpaired) electrons. The van der Waals surface area contributed by atoms with Crippen LogP contribution in [-0.2, 0) is 10.0 Å². The minimum atomic E-state index is -3.53. The zero-order valence-corrected chi connectivity index (χ0v) is 15.6. The van der Waals surface area contributed by atoms with Gasteiger partial charge in [-0.25, -0.2) is 13.4 Å². The monoisotopic (exact) mass is 386 g/mol. The SMILES string of the molecule is O=S(=O)(c1ccc(-n2cccc2)cc1)N1CCC(C(O)c2ncc[nH]2)CC1. The van der Waals surface area contributed by atoms with Crippen molar-refractivity contribution in [3.05, 3.63) is 67.0 Å². The number of aliphatic hydroxyl groups is 1. The molecule has 1 saturated heterocycles. The molecule has 0 bridgehead atoms. The molecule has 3 heterocycles. The molecule has 1 aliphatic heterocycles. The van der Waals surface area contributed by atoms with Crippen molar-refractivity contribution in [3.63, 3.8) is 0 Å². The van der Waals surface area contributed by atoms with Crippen LogP contribution in [-0.4, -0.2) is 45.5 Å². The van der Waals surface area contributed by atoms with Gasteiger partial charge in [0.1, 0.15) is 11.9 Å². The van der Waals surface area contributed by atoms with Crippen molar-refractivity contribution in [1.82, 2.24) is 18.8 Å². The normalized spacial score (nSPS) is 17.8. The van der Waals surface area contributed by atoms with Gasteiger partial charge in [-0.2, -0.15) is 4.31 Å². The van der Waals surface area contributed by atoms with Crippen molar-refractivity contribution >= 4 is 10.0 Å². The fourth-order valence-electron chi connectivity index (χ4n) is 3.54. The summed E-state index contributed by atoms with van der Waals surface area (Å²) in [5.74, 6) is 0.538. The molecule has 142 valence electrons. The van der Waals surface area contributed by atoms with Crippen LogP contribution in [0.2, 0.25) is 0 Å². The maximum absolute atomic E-state index is 12.9. The van der Waals surface area contributed by atoms with Gasteiger partial charge in [0.2, 0.25) is 10.0 Å². The molecule has 0 aliphatic carbocycles. The average molecular weight is 386 g/mol. The minimum absolute atomic E-state index is 0.00119. The lowest BCUT2D eigenvalue weighted by molar-refractivity contribution is 0.0696. The number of hydrogen-bond acceptors (Lipinski definition) is 4. The molecule has 4 rings (SSSR count). The van der Waals surface area contributed by atoms with E-state index in [2.05, 4.69) is 9.97 Å². The van der Waals surface area contributed by atoms with Crippen LogP contribution in [0.5, 0.6) is 0 Å². The Balaban J connectivity index is 1.44. The zero-order chi connectivity index (χ0) is 18.9. The molecule has 1 atom stereocenters. The highest BCUT2D eigenvalue weighted by Crippen LogP contribution is 2.31. The van der Waals surface area contributed by atoms with Gasteiger partial charge in [-0.05, 0) is 55.2 Å². The fraction of sp³-hybridized carbons (Fsp3) is 0.316. The number of benzene rings is 1. The Morgan fingerprint density at radius 1 is 1.11 bits per heavy atom. The lowest BCUT2D eigenvalue weighted by Gasteiger charge is -2.33. The van der Waals surface area contributed by atoms with Crippen molar-refractivity contribution in [2.75, 3.05) is 13.1 Å². The molecule has 27 heavy (non-hydrogen) atoms. The number of aliphatic hydroxyl groups excluding tert-OH is 1. The Morgan fingerprint density at radius 2 is 1.78 bits per heavy atom. The summed E-state index contributed by atoms with van der Waals surface area (Å²) in [6.07, 6.45) is 7.62. The van der Waals surface area contributed by atoms with Gasteiger partial charge >= 0.3 is 0 Å². The second-order valence-corrected chi connectivity index (χ2v) is 8.68. The summed E-state index contributed by atoms with van der Waals surface area (Å²) in [6, 6.07) is 10.8. The minimum Gasteiger partial charge on any atom is -0.385 e. The van der Waals surface area contributed by atoms with E-state index < -0.39 is 16.1 Å². The number of nitrogens with one attached hydrogen (secondary N) is 1. The average Bonchev–Trinajstić information content (AvgIpc) is 3.41. The van der Waals surface area contributed by atoms with Crippen molar-refractivity contribution in [2.45, 2.75) is 23.8 Å². The summed E-state index contributed by atoms with van der Waals surface area (Å²) < 4.78 is 29.3. The Kier molecular flexibility index (Phi) is 4.86. The van der Waals surface area contributed by atoms with E-state index >= 15 is 0 Å². The van der Waals surface area contributed by atoms with Crippen molar-refractivity contribution in [3.8, 4) is 5.69 Å².